The number of phosphoric acid groups is 1. The van der Waals surface area contributed by atoms with E-state index in [0.29, 0.717) is 59.5 Å². The van der Waals surface area contributed by atoms with Gasteiger partial charge in [0.1, 0.15) is 0 Å². The average Bonchev–Trinajstić information content (AvgIpc) is 2.86. The zero-order valence-corrected chi connectivity index (χ0v) is 24.5. The van der Waals surface area contributed by atoms with Crippen LogP contribution in [-0.4, -0.2) is 107 Å². The number of phosphoric ester groups is 1. The van der Waals surface area contributed by atoms with Gasteiger partial charge in [-0.1, -0.05) is 40.9 Å². The van der Waals surface area contributed by atoms with Gasteiger partial charge in [-0.15, -0.1) is 0 Å². The molecule has 0 bridgehead atoms. The fraction of sp³-hybridized carbons (Fsp3) is 1.00. The standard InChI is InChI=1S/C23H49O10PS2/c1-2-27-12-13-28-14-15-29-16-17-30-18-19-31-20-21-33-34(25,26)32-11-7-3-4-8-22-35-36-23-9-5-6-10-24/h24H,2-23H2,1H3,(H,25,26). The first-order valence-corrected chi connectivity index (χ1v) is 17.0. The third-order valence-electron chi connectivity index (χ3n) is 4.52. The average molecular weight is 581 g/mol. The molecule has 0 aromatic heterocycles. The Labute approximate surface area is 225 Å². The van der Waals surface area contributed by atoms with E-state index < -0.39 is 7.82 Å². The molecule has 0 amide bonds. The number of rotatable bonds is 31. The van der Waals surface area contributed by atoms with E-state index in [4.69, 9.17) is 37.8 Å². The van der Waals surface area contributed by atoms with Crippen molar-refractivity contribution < 1.29 is 47.3 Å². The van der Waals surface area contributed by atoms with Crippen molar-refractivity contribution >= 4 is 29.4 Å². The van der Waals surface area contributed by atoms with Crippen molar-refractivity contribution in [3.63, 3.8) is 0 Å². The molecule has 10 nitrogen and oxygen atoms in total. The molecule has 0 radical (unpaired) electrons. The fourth-order valence-electron chi connectivity index (χ4n) is 2.64. The zero-order valence-electron chi connectivity index (χ0n) is 22.0. The van der Waals surface area contributed by atoms with Gasteiger partial charge in [-0.25, -0.2) is 4.57 Å². The summed E-state index contributed by atoms with van der Waals surface area (Å²) in [6, 6.07) is 0. The Morgan fingerprint density at radius 3 is 1.47 bits per heavy atom. The zero-order chi connectivity index (χ0) is 26.4. The van der Waals surface area contributed by atoms with Crippen LogP contribution in [0, 0.1) is 0 Å². The molecule has 0 aliphatic carbocycles. The Kier molecular flexibility index (Phi) is 30.6. The van der Waals surface area contributed by atoms with E-state index in [1.54, 1.807) is 0 Å². The summed E-state index contributed by atoms with van der Waals surface area (Å²) >= 11 is 0. The van der Waals surface area contributed by atoms with E-state index in [2.05, 4.69) is 0 Å². The minimum Gasteiger partial charge on any atom is -0.396 e. The van der Waals surface area contributed by atoms with Gasteiger partial charge in [0.2, 0.25) is 0 Å². The summed E-state index contributed by atoms with van der Waals surface area (Å²) in [4.78, 5) is 9.69. The van der Waals surface area contributed by atoms with Crippen molar-refractivity contribution in [3.8, 4) is 0 Å². The first-order valence-electron chi connectivity index (χ1n) is 13.0. The topological polar surface area (TPSA) is 122 Å². The lowest BCUT2D eigenvalue weighted by Crippen LogP contribution is -2.14. The van der Waals surface area contributed by atoms with Gasteiger partial charge in [-0.2, -0.15) is 0 Å². The SMILES string of the molecule is CCOCCOCCOCCOCCOCCOP(=O)(O)OCCCCCCSSCCCCCO. The fourth-order valence-corrected chi connectivity index (χ4v) is 5.67. The molecular formula is C23H49O10PS2. The maximum Gasteiger partial charge on any atom is 0.472 e. The summed E-state index contributed by atoms with van der Waals surface area (Å²) in [6.07, 6.45) is 7.03. The molecular weight excluding hydrogens is 531 g/mol. The maximum atomic E-state index is 11.8. The molecule has 0 aromatic rings. The quantitative estimate of drug-likeness (QED) is 0.0689. The van der Waals surface area contributed by atoms with Gasteiger partial charge in [-0.05, 0) is 32.6 Å². The van der Waals surface area contributed by atoms with E-state index in [1.807, 2.05) is 28.5 Å². The monoisotopic (exact) mass is 580 g/mol. The third-order valence-corrected chi connectivity index (χ3v) is 8.11. The highest BCUT2D eigenvalue weighted by Crippen LogP contribution is 2.43. The van der Waals surface area contributed by atoms with Gasteiger partial charge in [0, 0.05) is 24.7 Å². The largest absolute Gasteiger partial charge is 0.472 e. The van der Waals surface area contributed by atoms with Crippen molar-refractivity contribution in [2.75, 3.05) is 97.4 Å². The number of hydrogen-bond donors (Lipinski definition) is 2. The van der Waals surface area contributed by atoms with Gasteiger partial charge < -0.3 is 33.7 Å². The number of ether oxygens (including phenoxy) is 5. The Morgan fingerprint density at radius 1 is 0.556 bits per heavy atom. The van der Waals surface area contributed by atoms with Crippen LogP contribution in [0.2, 0.25) is 0 Å². The predicted octanol–water partition coefficient (Wildman–Crippen LogP) is 4.33. The molecule has 13 heteroatoms. The first kappa shape index (κ1) is 36.6. The van der Waals surface area contributed by atoms with Gasteiger partial charge in [0.05, 0.1) is 72.7 Å². The molecule has 0 heterocycles. The minimum absolute atomic E-state index is 0.0188. The highest BCUT2D eigenvalue weighted by Gasteiger charge is 2.20. The maximum absolute atomic E-state index is 11.8. The highest BCUT2D eigenvalue weighted by atomic mass is 33.1. The van der Waals surface area contributed by atoms with E-state index in [-0.39, 0.29) is 26.4 Å². The van der Waals surface area contributed by atoms with Crippen molar-refractivity contribution in [2.24, 2.45) is 0 Å². The van der Waals surface area contributed by atoms with Crippen LogP contribution < -0.4 is 0 Å². The molecule has 0 fully saturated rings. The Morgan fingerprint density at radius 2 is 0.972 bits per heavy atom. The molecule has 0 aliphatic heterocycles. The third kappa shape index (κ3) is 30.8. The van der Waals surface area contributed by atoms with Gasteiger partial charge in [-0.3, -0.25) is 9.05 Å². The number of aliphatic hydroxyl groups is 1. The molecule has 2 N–H and O–H groups in total. The molecule has 0 aliphatic rings. The molecule has 0 aromatic carbocycles. The highest BCUT2D eigenvalue weighted by molar-refractivity contribution is 8.76. The van der Waals surface area contributed by atoms with Crippen LogP contribution in [0.1, 0.15) is 51.9 Å². The molecule has 1 atom stereocenters. The lowest BCUT2D eigenvalue weighted by molar-refractivity contribution is -0.0128. The summed E-state index contributed by atoms with van der Waals surface area (Å²) in [5.74, 6) is 2.24. The summed E-state index contributed by atoms with van der Waals surface area (Å²) < 4.78 is 48.3. The molecule has 36 heavy (non-hydrogen) atoms. The summed E-state index contributed by atoms with van der Waals surface area (Å²) in [6.45, 7) is 7.22. The van der Waals surface area contributed by atoms with E-state index in [0.717, 1.165) is 56.5 Å². The van der Waals surface area contributed by atoms with Crippen LogP contribution in [0.15, 0.2) is 0 Å². The molecule has 0 saturated carbocycles. The summed E-state index contributed by atoms with van der Waals surface area (Å²) in [5.41, 5.74) is 0. The second kappa shape index (κ2) is 30.1. The van der Waals surface area contributed by atoms with Gasteiger partial charge in [0.25, 0.3) is 0 Å². The Hall–Kier alpha value is 0.570. The molecule has 0 saturated heterocycles. The second-order valence-electron chi connectivity index (χ2n) is 7.62. The van der Waals surface area contributed by atoms with Crippen molar-refractivity contribution in [3.05, 3.63) is 0 Å². The smallest absolute Gasteiger partial charge is 0.396 e. The first-order chi connectivity index (χ1) is 17.6. The van der Waals surface area contributed by atoms with E-state index >= 15 is 0 Å². The molecule has 0 rings (SSSR count). The van der Waals surface area contributed by atoms with E-state index in [1.165, 1.54) is 0 Å². The lowest BCUT2D eigenvalue weighted by Gasteiger charge is -2.12. The van der Waals surface area contributed by atoms with Crippen LogP contribution in [0.25, 0.3) is 0 Å². The predicted molar refractivity (Wildman–Crippen MR) is 146 cm³/mol. The van der Waals surface area contributed by atoms with Crippen LogP contribution in [0.5, 0.6) is 0 Å². The van der Waals surface area contributed by atoms with Crippen LogP contribution in [0.4, 0.5) is 0 Å². The molecule has 0 spiro atoms. The Bertz CT molecular complexity index is 480. The minimum atomic E-state index is -4.03. The normalized spacial score (nSPS) is 13.3. The number of aliphatic hydroxyl groups excluding tert-OH is 1. The molecule has 218 valence electrons. The second-order valence-corrected chi connectivity index (χ2v) is 11.8. The van der Waals surface area contributed by atoms with Crippen molar-refractivity contribution in [2.45, 2.75) is 51.9 Å². The lowest BCUT2D eigenvalue weighted by atomic mass is 10.2. The van der Waals surface area contributed by atoms with Crippen LogP contribution >= 0.6 is 29.4 Å². The van der Waals surface area contributed by atoms with Crippen LogP contribution in [-0.2, 0) is 37.3 Å². The van der Waals surface area contributed by atoms with Crippen LogP contribution in [0.3, 0.4) is 0 Å². The number of hydrogen-bond acceptors (Lipinski definition) is 11. The van der Waals surface area contributed by atoms with Crippen molar-refractivity contribution in [1.82, 2.24) is 0 Å². The number of unbranched alkanes of at least 4 members (excludes halogenated alkanes) is 5. The van der Waals surface area contributed by atoms with Gasteiger partial charge in [0.15, 0.2) is 0 Å². The van der Waals surface area contributed by atoms with E-state index in [9.17, 15) is 9.46 Å². The van der Waals surface area contributed by atoms with Crippen molar-refractivity contribution in [1.29, 1.82) is 0 Å². The Balaban J connectivity index is 3.28. The molecule has 1 unspecified atom stereocenters. The summed E-state index contributed by atoms with van der Waals surface area (Å²) in [5, 5.41) is 8.73. The van der Waals surface area contributed by atoms with Gasteiger partial charge >= 0.3 is 7.82 Å². The summed E-state index contributed by atoms with van der Waals surface area (Å²) in [7, 11) is -0.251.